The maximum Gasteiger partial charge on any atom is 0.210 e. The van der Waals surface area contributed by atoms with Gasteiger partial charge >= 0.3 is 0 Å². The Bertz CT molecular complexity index is 963. The van der Waals surface area contributed by atoms with Gasteiger partial charge in [0.2, 0.25) is 9.84 Å². The minimum Gasteiger partial charge on any atom is -0.218 e. The average molecular weight is 391 g/mol. The molecule has 0 bridgehead atoms. The first-order chi connectivity index (χ1) is 11.7. The second kappa shape index (κ2) is 6.25. The predicted molar refractivity (Wildman–Crippen MR) is 99.6 cm³/mol. The van der Waals surface area contributed by atoms with Gasteiger partial charge in [-0.05, 0) is 24.7 Å². The van der Waals surface area contributed by atoms with Crippen LogP contribution in [0.3, 0.4) is 0 Å². The van der Waals surface area contributed by atoms with Crippen LogP contribution in [0.4, 0.5) is 0 Å². The fraction of sp³-hybridized carbons (Fsp3) is 0.444. The first-order valence-corrected chi connectivity index (χ1v) is 11.2. The molecule has 3 heterocycles. The first-order valence-electron chi connectivity index (χ1n) is 8.09. The molecule has 7 heteroatoms. The Morgan fingerprint density at radius 2 is 1.20 bits per heavy atom. The lowest BCUT2D eigenvalue weighted by atomic mass is 10.0. The average Bonchev–Trinajstić information content (AvgIpc) is 3.10. The van der Waals surface area contributed by atoms with Crippen LogP contribution in [0.25, 0.3) is 9.75 Å². The summed E-state index contributed by atoms with van der Waals surface area (Å²) >= 11 is 2.50. The van der Waals surface area contributed by atoms with Crippen molar-refractivity contribution in [2.24, 2.45) is 11.8 Å². The van der Waals surface area contributed by atoms with Crippen molar-refractivity contribution >= 4 is 32.5 Å². The number of thiophene rings is 2. The zero-order valence-corrected chi connectivity index (χ0v) is 17.0. The van der Waals surface area contributed by atoms with Gasteiger partial charge in [0.05, 0.1) is 19.5 Å². The summed E-state index contributed by atoms with van der Waals surface area (Å²) < 4.78 is 26.7. The third-order valence-corrected chi connectivity index (χ3v) is 8.76. The summed E-state index contributed by atoms with van der Waals surface area (Å²) in [5, 5.41) is 18.9. The standard InChI is InChI=1S/C18H18N2O2S3/c1-9(2)5-11-13(7-19)23-15-16-18(25(21,22)17(11)15)12(6-10(3)4)14(8-20)24-16/h9-10H,5-6H2,1-4H3. The van der Waals surface area contributed by atoms with Crippen LogP contribution in [0.15, 0.2) is 9.79 Å². The summed E-state index contributed by atoms with van der Waals surface area (Å²) in [6.07, 6.45) is 1.13. The molecule has 0 spiro atoms. The highest BCUT2D eigenvalue weighted by molar-refractivity contribution is 7.92. The highest BCUT2D eigenvalue weighted by Gasteiger charge is 2.43. The molecule has 0 atom stereocenters. The summed E-state index contributed by atoms with van der Waals surface area (Å²) in [6.45, 7) is 8.06. The first kappa shape index (κ1) is 18.1. The third kappa shape index (κ3) is 2.71. The Morgan fingerprint density at radius 3 is 1.48 bits per heavy atom. The number of nitrogens with zero attached hydrogens (tertiary/aromatic N) is 2. The van der Waals surface area contributed by atoms with E-state index in [1.807, 2.05) is 27.7 Å². The molecule has 130 valence electrons. The molecule has 0 radical (unpaired) electrons. The van der Waals surface area contributed by atoms with Crippen LogP contribution in [-0.2, 0) is 22.7 Å². The van der Waals surface area contributed by atoms with E-state index in [4.69, 9.17) is 0 Å². The van der Waals surface area contributed by atoms with E-state index >= 15 is 0 Å². The minimum atomic E-state index is -3.68. The van der Waals surface area contributed by atoms with Crippen LogP contribution >= 0.6 is 22.7 Å². The van der Waals surface area contributed by atoms with Gasteiger partial charge in [0.1, 0.15) is 21.9 Å². The molecule has 2 aromatic rings. The Balaban J connectivity index is 2.33. The summed E-state index contributed by atoms with van der Waals surface area (Å²) in [5.41, 5.74) is 1.30. The molecule has 0 saturated heterocycles. The van der Waals surface area contributed by atoms with Gasteiger partial charge in [-0.1, -0.05) is 27.7 Å². The number of sulfone groups is 1. The molecule has 0 fully saturated rings. The maximum absolute atomic E-state index is 13.3. The molecule has 0 amide bonds. The molecule has 2 aromatic heterocycles. The van der Waals surface area contributed by atoms with Crippen molar-refractivity contribution in [2.75, 3.05) is 0 Å². The topological polar surface area (TPSA) is 81.7 Å². The molecule has 0 aromatic carbocycles. The number of hydrogen-bond acceptors (Lipinski definition) is 6. The molecular formula is C18H18N2O2S3. The van der Waals surface area contributed by atoms with Gasteiger partial charge in [0, 0.05) is 11.1 Å². The van der Waals surface area contributed by atoms with Gasteiger partial charge in [0.25, 0.3) is 0 Å². The molecule has 25 heavy (non-hydrogen) atoms. The van der Waals surface area contributed by atoms with Gasteiger partial charge in [-0.15, -0.1) is 22.7 Å². The lowest BCUT2D eigenvalue weighted by Crippen LogP contribution is -2.07. The van der Waals surface area contributed by atoms with E-state index in [1.165, 1.54) is 22.7 Å². The van der Waals surface area contributed by atoms with E-state index in [1.54, 1.807) is 0 Å². The van der Waals surface area contributed by atoms with E-state index < -0.39 is 9.84 Å². The molecular weight excluding hydrogens is 372 g/mol. The molecule has 0 unspecified atom stereocenters. The molecule has 0 N–H and O–H groups in total. The summed E-state index contributed by atoms with van der Waals surface area (Å²) in [4.78, 5) is 2.89. The van der Waals surface area contributed by atoms with Crippen LogP contribution in [0.5, 0.6) is 0 Å². The monoisotopic (exact) mass is 390 g/mol. The summed E-state index contributed by atoms with van der Waals surface area (Å²) in [7, 11) is -3.68. The van der Waals surface area contributed by atoms with Gasteiger partial charge in [-0.25, -0.2) is 8.42 Å². The second-order valence-electron chi connectivity index (χ2n) is 7.06. The van der Waals surface area contributed by atoms with E-state index in [0.717, 1.165) is 0 Å². The molecule has 1 aliphatic rings. The van der Waals surface area contributed by atoms with Gasteiger partial charge in [0.15, 0.2) is 0 Å². The fourth-order valence-electron chi connectivity index (χ4n) is 3.24. The normalized spacial score (nSPS) is 14.4. The Morgan fingerprint density at radius 1 is 0.840 bits per heavy atom. The van der Waals surface area contributed by atoms with Crippen molar-refractivity contribution in [3.05, 3.63) is 20.9 Å². The lowest BCUT2D eigenvalue weighted by Gasteiger charge is -2.09. The van der Waals surface area contributed by atoms with Crippen LogP contribution in [0, 0.1) is 34.5 Å². The van der Waals surface area contributed by atoms with Crippen molar-refractivity contribution in [1.29, 1.82) is 10.5 Å². The van der Waals surface area contributed by atoms with Gasteiger partial charge in [-0.2, -0.15) is 10.5 Å². The predicted octanol–water partition coefficient (Wildman–Crippen LogP) is 4.76. The molecule has 0 aliphatic carbocycles. The van der Waals surface area contributed by atoms with Crippen molar-refractivity contribution in [3.8, 4) is 21.9 Å². The Kier molecular flexibility index (Phi) is 4.53. The summed E-state index contributed by atoms with van der Waals surface area (Å²) in [6, 6.07) is 4.32. The molecule has 3 rings (SSSR count). The third-order valence-electron chi connectivity index (χ3n) is 4.09. The number of rotatable bonds is 4. The zero-order valence-electron chi connectivity index (χ0n) is 14.5. The maximum atomic E-state index is 13.3. The van der Waals surface area contributed by atoms with E-state index in [9.17, 15) is 18.9 Å². The van der Waals surface area contributed by atoms with Crippen molar-refractivity contribution in [3.63, 3.8) is 0 Å². The molecule has 4 nitrogen and oxygen atoms in total. The van der Waals surface area contributed by atoms with E-state index in [0.29, 0.717) is 53.3 Å². The number of hydrogen-bond donors (Lipinski definition) is 0. The van der Waals surface area contributed by atoms with Crippen molar-refractivity contribution in [1.82, 2.24) is 0 Å². The Labute approximate surface area is 156 Å². The molecule has 1 aliphatic heterocycles. The molecule has 0 saturated carbocycles. The van der Waals surface area contributed by atoms with Gasteiger partial charge in [-0.3, -0.25) is 0 Å². The van der Waals surface area contributed by atoms with Crippen LogP contribution in [0.2, 0.25) is 0 Å². The zero-order chi connectivity index (χ0) is 18.5. The van der Waals surface area contributed by atoms with Gasteiger partial charge < -0.3 is 0 Å². The summed E-state index contributed by atoms with van der Waals surface area (Å²) in [5.74, 6) is 0.508. The van der Waals surface area contributed by atoms with Crippen molar-refractivity contribution < 1.29 is 8.42 Å². The van der Waals surface area contributed by atoms with Crippen LogP contribution in [-0.4, -0.2) is 8.42 Å². The number of nitriles is 2. The highest BCUT2D eigenvalue weighted by atomic mass is 32.2. The Hall–Kier alpha value is -1.67. The van der Waals surface area contributed by atoms with Crippen LogP contribution < -0.4 is 0 Å². The fourth-order valence-corrected chi connectivity index (χ4v) is 8.51. The second-order valence-corrected chi connectivity index (χ2v) is 10.9. The highest BCUT2D eigenvalue weighted by Crippen LogP contribution is 2.55. The van der Waals surface area contributed by atoms with Crippen LogP contribution in [0.1, 0.15) is 48.6 Å². The van der Waals surface area contributed by atoms with Crippen molar-refractivity contribution in [2.45, 2.75) is 50.3 Å². The van der Waals surface area contributed by atoms with E-state index in [2.05, 4.69) is 12.1 Å². The van der Waals surface area contributed by atoms with E-state index in [-0.39, 0.29) is 11.8 Å². The minimum absolute atomic E-state index is 0.254. The number of fused-ring (bicyclic) bond motifs is 3. The lowest BCUT2D eigenvalue weighted by molar-refractivity contribution is 0.590. The SMILES string of the molecule is CC(C)Cc1c(C#N)sc2c1S(=O)(=O)c1c-2sc(C#N)c1CC(C)C. The largest absolute Gasteiger partial charge is 0.218 e. The smallest absolute Gasteiger partial charge is 0.210 e. The quantitative estimate of drug-likeness (QED) is 0.643.